The van der Waals surface area contributed by atoms with Crippen molar-refractivity contribution in [2.75, 3.05) is 5.32 Å². The molecular formula is C19H15F3N2O2. The summed E-state index contributed by atoms with van der Waals surface area (Å²) in [7, 11) is 0. The third kappa shape index (κ3) is 2.64. The first kappa shape index (κ1) is 16.6. The van der Waals surface area contributed by atoms with Gasteiger partial charge in [-0.1, -0.05) is 36.4 Å². The number of halogens is 3. The molecule has 26 heavy (non-hydrogen) atoms. The van der Waals surface area contributed by atoms with Crippen LogP contribution < -0.4 is 5.32 Å². The lowest BCUT2D eigenvalue weighted by Gasteiger charge is -2.38. The second kappa shape index (κ2) is 5.86. The number of hydrogen-bond acceptors (Lipinski definition) is 3. The molecule has 4 nitrogen and oxygen atoms in total. The second-order valence-corrected chi connectivity index (χ2v) is 6.59. The van der Waals surface area contributed by atoms with Crippen LogP contribution in [0.3, 0.4) is 0 Å². The fourth-order valence-electron chi connectivity index (χ4n) is 3.99. The van der Waals surface area contributed by atoms with Gasteiger partial charge in [0.05, 0.1) is 22.2 Å². The third-order valence-electron chi connectivity index (χ3n) is 5.17. The van der Waals surface area contributed by atoms with Gasteiger partial charge in [-0.15, -0.1) is 0 Å². The average Bonchev–Trinajstić information content (AvgIpc) is 3.09. The summed E-state index contributed by atoms with van der Waals surface area (Å²) in [6, 6.07) is 9.93. The number of alkyl halides is 3. The van der Waals surface area contributed by atoms with Crippen molar-refractivity contribution in [3.63, 3.8) is 0 Å². The van der Waals surface area contributed by atoms with Gasteiger partial charge in [0, 0.05) is 18.1 Å². The fraction of sp³-hybridized carbons (Fsp3) is 0.263. The lowest BCUT2D eigenvalue weighted by Crippen LogP contribution is -2.30. The highest BCUT2D eigenvalue weighted by atomic mass is 19.4. The van der Waals surface area contributed by atoms with Crippen LogP contribution >= 0.6 is 0 Å². The Bertz CT molecular complexity index is 891. The first-order valence-electron chi connectivity index (χ1n) is 8.24. The van der Waals surface area contributed by atoms with E-state index in [9.17, 15) is 23.3 Å². The van der Waals surface area contributed by atoms with E-state index in [0.29, 0.717) is 5.56 Å². The molecule has 1 aliphatic heterocycles. The molecule has 3 unspecified atom stereocenters. The molecule has 0 radical (unpaired) electrons. The number of non-ortho nitro benzene ring substituents is 1. The van der Waals surface area contributed by atoms with Crippen molar-refractivity contribution in [2.45, 2.75) is 24.6 Å². The maximum absolute atomic E-state index is 13.5. The average molecular weight is 360 g/mol. The van der Waals surface area contributed by atoms with Crippen LogP contribution in [0.4, 0.5) is 24.5 Å². The first-order valence-corrected chi connectivity index (χ1v) is 8.24. The van der Waals surface area contributed by atoms with E-state index < -0.39 is 16.7 Å². The molecule has 2 aromatic carbocycles. The summed E-state index contributed by atoms with van der Waals surface area (Å²) in [4.78, 5) is 10.4. The Morgan fingerprint density at radius 1 is 1.12 bits per heavy atom. The number of nitrogens with one attached hydrogen (secondary N) is 1. The Hall–Kier alpha value is -2.83. The quantitative estimate of drug-likeness (QED) is 0.441. The number of rotatable bonds is 2. The number of fused-ring (bicyclic) bond motifs is 3. The van der Waals surface area contributed by atoms with Crippen LogP contribution in [0.2, 0.25) is 0 Å². The third-order valence-corrected chi connectivity index (χ3v) is 5.17. The predicted octanol–water partition coefficient (Wildman–Crippen LogP) is 5.44. The lowest BCUT2D eigenvalue weighted by molar-refractivity contribution is -0.384. The molecule has 7 heteroatoms. The van der Waals surface area contributed by atoms with E-state index in [1.165, 1.54) is 18.2 Å². The number of benzene rings is 2. The molecule has 0 spiro atoms. The highest BCUT2D eigenvalue weighted by Gasteiger charge is 2.42. The monoisotopic (exact) mass is 360 g/mol. The summed E-state index contributed by atoms with van der Waals surface area (Å²) >= 11 is 0. The van der Waals surface area contributed by atoms with Gasteiger partial charge >= 0.3 is 6.18 Å². The number of allylic oxidation sites excluding steroid dienone is 2. The number of anilines is 1. The molecule has 2 aromatic rings. The van der Waals surface area contributed by atoms with Crippen molar-refractivity contribution in [1.29, 1.82) is 0 Å². The molecule has 0 saturated heterocycles. The smallest absolute Gasteiger partial charge is 0.377 e. The number of nitrogens with zero attached hydrogens (tertiary/aromatic N) is 1. The predicted molar refractivity (Wildman–Crippen MR) is 90.9 cm³/mol. The summed E-state index contributed by atoms with van der Waals surface area (Å²) in [5.41, 5.74) is 0.785. The minimum absolute atomic E-state index is 0.0398. The van der Waals surface area contributed by atoms with Gasteiger partial charge in [-0.2, -0.15) is 13.2 Å². The van der Waals surface area contributed by atoms with Crippen LogP contribution in [-0.2, 0) is 6.18 Å². The zero-order valence-electron chi connectivity index (χ0n) is 13.5. The molecule has 4 rings (SSSR count). The molecule has 1 aliphatic carbocycles. The number of nitro groups is 1. The van der Waals surface area contributed by atoms with E-state index in [2.05, 4.69) is 5.32 Å². The standard InChI is InChI=1S/C19H15F3N2O2/c20-19(21,22)16-6-2-5-15-13-3-1-4-14(13)17(23-18(15)16)11-7-9-12(10-8-11)24(25)26/h1-3,5-10,13-14,17,23H,4H2. The zero-order chi connectivity index (χ0) is 18.5. The summed E-state index contributed by atoms with van der Waals surface area (Å²) < 4.78 is 40.4. The van der Waals surface area contributed by atoms with E-state index >= 15 is 0 Å². The van der Waals surface area contributed by atoms with Crippen LogP contribution in [0.25, 0.3) is 0 Å². The minimum Gasteiger partial charge on any atom is -0.377 e. The van der Waals surface area contributed by atoms with Crippen LogP contribution in [0.1, 0.15) is 35.1 Å². The molecule has 0 fully saturated rings. The van der Waals surface area contributed by atoms with E-state index in [1.807, 2.05) is 12.2 Å². The molecular weight excluding hydrogens is 345 g/mol. The van der Waals surface area contributed by atoms with Crippen LogP contribution in [0.15, 0.2) is 54.6 Å². The van der Waals surface area contributed by atoms with Crippen LogP contribution in [-0.4, -0.2) is 4.92 Å². The van der Waals surface area contributed by atoms with Gasteiger partial charge in [0.15, 0.2) is 0 Å². The highest BCUT2D eigenvalue weighted by Crippen LogP contribution is 2.52. The van der Waals surface area contributed by atoms with Crippen LogP contribution in [0, 0.1) is 16.0 Å². The molecule has 0 saturated carbocycles. The SMILES string of the molecule is O=[N+]([O-])c1ccc(C2Nc3c(cccc3C(F)(F)F)C3C=CCC32)cc1. The molecule has 0 amide bonds. The van der Waals surface area contributed by atoms with E-state index in [0.717, 1.165) is 18.1 Å². The number of para-hydroxylation sites is 1. The van der Waals surface area contributed by atoms with Gasteiger partial charge in [-0.3, -0.25) is 10.1 Å². The van der Waals surface area contributed by atoms with Crippen molar-refractivity contribution >= 4 is 11.4 Å². The van der Waals surface area contributed by atoms with Crippen molar-refractivity contribution in [2.24, 2.45) is 5.92 Å². The molecule has 1 N–H and O–H groups in total. The maximum atomic E-state index is 13.5. The van der Waals surface area contributed by atoms with Gasteiger partial charge < -0.3 is 5.32 Å². The maximum Gasteiger partial charge on any atom is 0.418 e. The van der Waals surface area contributed by atoms with Crippen molar-refractivity contribution in [3.05, 3.63) is 81.4 Å². The molecule has 3 atom stereocenters. The number of hydrogen-bond donors (Lipinski definition) is 1. The Morgan fingerprint density at radius 2 is 1.85 bits per heavy atom. The van der Waals surface area contributed by atoms with Crippen molar-refractivity contribution in [3.8, 4) is 0 Å². The molecule has 134 valence electrons. The Kier molecular flexibility index (Phi) is 3.75. The lowest BCUT2D eigenvalue weighted by atomic mass is 9.76. The zero-order valence-corrected chi connectivity index (χ0v) is 13.5. The summed E-state index contributed by atoms with van der Waals surface area (Å²) in [5.74, 6) is -0.0267. The Morgan fingerprint density at radius 3 is 2.50 bits per heavy atom. The van der Waals surface area contributed by atoms with Crippen molar-refractivity contribution < 1.29 is 18.1 Å². The fourth-order valence-corrected chi connectivity index (χ4v) is 3.99. The summed E-state index contributed by atoms with van der Waals surface area (Å²) in [6.07, 6.45) is 0.246. The Labute approximate surface area is 147 Å². The molecule has 1 heterocycles. The highest BCUT2D eigenvalue weighted by molar-refractivity contribution is 5.65. The number of nitro benzene ring substituents is 1. The first-order chi connectivity index (χ1) is 12.4. The van der Waals surface area contributed by atoms with E-state index in [-0.39, 0.29) is 29.3 Å². The Balaban J connectivity index is 1.79. The normalized spacial score (nSPS) is 23.9. The second-order valence-electron chi connectivity index (χ2n) is 6.59. The van der Waals surface area contributed by atoms with E-state index in [1.54, 1.807) is 18.2 Å². The topological polar surface area (TPSA) is 55.2 Å². The molecule has 0 bridgehead atoms. The minimum atomic E-state index is -4.45. The van der Waals surface area contributed by atoms with Crippen molar-refractivity contribution in [1.82, 2.24) is 0 Å². The van der Waals surface area contributed by atoms with Gasteiger partial charge in [-0.05, 0) is 29.5 Å². The van der Waals surface area contributed by atoms with Gasteiger partial charge in [0.2, 0.25) is 0 Å². The van der Waals surface area contributed by atoms with Gasteiger partial charge in [-0.25, -0.2) is 0 Å². The van der Waals surface area contributed by atoms with Gasteiger partial charge in [0.25, 0.3) is 5.69 Å². The van der Waals surface area contributed by atoms with E-state index in [4.69, 9.17) is 0 Å². The molecule has 0 aromatic heterocycles. The van der Waals surface area contributed by atoms with Gasteiger partial charge in [0.1, 0.15) is 0 Å². The summed E-state index contributed by atoms with van der Waals surface area (Å²) in [5, 5.41) is 13.9. The summed E-state index contributed by atoms with van der Waals surface area (Å²) in [6.45, 7) is 0. The van der Waals surface area contributed by atoms with Crippen LogP contribution in [0.5, 0.6) is 0 Å². The molecule has 2 aliphatic rings. The largest absolute Gasteiger partial charge is 0.418 e.